The second kappa shape index (κ2) is 5.91. The third-order valence-corrected chi connectivity index (χ3v) is 4.28. The maximum absolute atomic E-state index is 12.4. The number of likely N-dealkylation sites (tertiary alicyclic amines) is 1. The van der Waals surface area contributed by atoms with Crippen LogP contribution in [0.2, 0.25) is 0 Å². The van der Waals surface area contributed by atoms with Crippen molar-refractivity contribution in [2.75, 3.05) is 26.2 Å². The summed E-state index contributed by atoms with van der Waals surface area (Å²) < 4.78 is 5.01. The van der Waals surface area contributed by atoms with E-state index in [4.69, 9.17) is 4.52 Å². The molecule has 3 heterocycles. The zero-order chi connectivity index (χ0) is 13.9. The molecule has 2 aliphatic heterocycles. The summed E-state index contributed by atoms with van der Waals surface area (Å²) in [6, 6.07) is 0. The summed E-state index contributed by atoms with van der Waals surface area (Å²) in [5.41, 5.74) is 0. The molecule has 1 N–H and O–H groups in total. The van der Waals surface area contributed by atoms with Crippen LogP contribution < -0.4 is 5.32 Å². The Morgan fingerprint density at radius 1 is 1.50 bits per heavy atom. The summed E-state index contributed by atoms with van der Waals surface area (Å²) in [7, 11) is 0. The Balaban J connectivity index is 1.57. The molecule has 0 radical (unpaired) electrons. The van der Waals surface area contributed by atoms with E-state index >= 15 is 0 Å². The molecule has 0 saturated carbocycles. The average molecular weight is 278 g/mol. The lowest BCUT2D eigenvalue weighted by Crippen LogP contribution is -2.44. The number of nitrogens with one attached hydrogen (secondary N) is 1. The van der Waals surface area contributed by atoms with Gasteiger partial charge < -0.3 is 14.7 Å². The van der Waals surface area contributed by atoms with Crippen LogP contribution in [0.3, 0.4) is 0 Å². The van der Waals surface area contributed by atoms with E-state index in [9.17, 15) is 4.79 Å². The van der Waals surface area contributed by atoms with E-state index in [1.54, 1.807) is 6.92 Å². The summed E-state index contributed by atoms with van der Waals surface area (Å²) in [5.74, 6) is 2.34. The monoisotopic (exact) mass is 278 g/mol. The van der Waals surface area contributed by atoms with Gasteiger partial charge >= 0.3 is 0 Å². The summed E-state index contributed by atoms with van der Waals surface area (Å²) in [6.07, 6.45) is 4.00. The molecule has 0 bridgehead atoms. The lowest BCUT2D eigenvalue weighted by atomic mass is 9.93. The van der Waals surface area contributed by atoms with Crippen molar-refractivity contribution in [2.45, 2.75) is 32.6 Å². The van der Waals surface area contributed by atoms with Crippen LogP contribution in [0.15, 0.2) is 4.52 Å². The predicted molar refractivity (Wildman–Crippen MR) is 73.0 cm³/mol. The van der Waals surface area contributed by atoms with Gasteiger partial charge in [0, 0.05) is 33.0 Å². The van der Waals surface area contributed by atoms with Gasteiger partial charge in [-0.05, 0) is 31.7 Å². The second-order valence-corrected chi connectivity index (χ2v) is 5.92. The number of hydrogen-bond donors (Lipinski definition) is 1. The predicted octanol–water partition coefficient (Wildman–Crippen LogP) is 0.769. The van der Waals surface area contributed by atoms with Crippen LogP contribution in [0.5, 0.6) is 0 Å². The van der Waals surface area contributed by atoms with Crippen LogP contribution in [0.1, 0.15) is 31.0 Å². The number of rotatable bonds is 3. The molecule has 110 valence electrons. The van der Waals surface area contributed by atoms with Crippen LogP contribution in [-0.2, 0) is 11.2 Å². The van der Waals surface area contributed by atoms with E-state index < -0.39 is 0 Å². The molecule has 1 aromatic rings. The van der Waals surface area contributed by atoms with Gasteiger partial charge in [0.25, 0.3) is 0 Å². The Kier molecular flexibility index (Phi) is 4.00. The smallest absolute Gasteiger partial charge is 0.227 e. The highest BCUT2D eigenvalue weighted by molar-refractivity contribution is 5.79. The Bertz CT molecular complexity index is 467. The standard InChI is InChI=1S/C14H22N4O2/c1-10-16-13(17-20-10)7-11-3-2-6-18(9-11)14(19)12-4-5-15-8-12/h11-12,15H,2-9H2,1H3. The fraction of sp³-hybridized carbons (Fsp3) is 0.786. The van der Waals surface area contributed by atoms with Gasteiger partial charge in [-0.25, -0.2) is 0 Å². The van der Waals surface area contributed by atoms with E-state index in [2.05, 4.69) is 15.5 Å². The number of aryl methyl sites for hydroxylation is 1. The zero-order valence-corrected chi connectivity index (χ0v) is 12.0. The molecule has 1 amide bonds. The Hall–Kier alpha value is -1.43. The third-order valence-electron chi connectivity index (χ3n) is 4.28. The van der Waals surface area contributed by atoms with E-state index in [-0.39, 0.29) is 5.92 Å². The van der Waals surface area contributed by atoms with Crippen LogP contribution in [0.25, 0.3) is 0 Å². The minimum Gasteiger partial charge on any atom is -0.342 e. The van der Waals surface area contributed by atoms with Gasteiger partial charge in [0.15, 0.2) is 5.82 Å². The van der Waals surface area contributed by atoms with Crippen LogP contribution in [-0.4, -0.2) is 47.1 Å². The average Bonchev–Trinajstić information content (AvgIpc) is 3.10. The van der Waals surface area contributed by atoms with Crippen molar-refractivity contribution in [1.29, 1.82) is 0 Å². The molecule has 2 atom stereocenters. The summed E-state index contributed by atoms with van der Waals surface area (Å²) in [6.45, 7) is 5.35. The normalized spacial score (nSPS) is 26.9. The van der Waals surface area contributed by atoms with Crippen molar-refractivity contribution >= 4 is 5.91 Å². The molecule has 20 heavy (non-hydrogen) atoms. The molecule has 6 nitrogen and oxygen atoms in total. The molecule has 2 unspecified atom stereocenters. The van der Waals surface area contributed by atoms with Gasteiger partial charge in [0.1, 0.15) is 0 Å². The number of carbonyl (C=O) groups excluding carboxylic acids is 1. The van der Waals surface area contributed by atoms with Gasteiger partial charge in [-0.2, -0.15) is 4.98 Å². The van der Waals surface area contributed by atoms with Crippen LogP contribution >= 0.6 is 0 Å². The molecular formula is C14H22N4O2. The fourth-order valence-corrected chi connectivity index (χ4v) is 3.24. The quantitative estimate of drug-likeness (QED) is 0.884. The molecule has 1 aromatic heterocycles. The SMILES string of the molecule is Cc1nc(CC2CCCN(C(=O)C3CCNC3)C2)no1. The van der Waals surface area contributed by atoms with Crippen molar-refractivity contribution in [3.05, 3.63) is 11.7 Å². The first kappa shape index (κ1) is 13.5. The van der Waals surface area contributed by atoms with E-state index in [1.165, 1.54) is 0 Å². The number of nitrogens with zero attached hydrogens (tertiary/aromatic N) is 3. The van der Waals surface area contributed by atoms with Crippen molar-refractivity contribution < 1.29 is 9.32 Å². The van der Waals surface area contributed by atoms with E-state index in [0.29, 0.717) is 17.7 Å². The number of piperidine rings is 1. The summed E-state index contributed by atoms with van der Waals surface area (Å²) in [5, 5.41) is 7.22. The molecular weight excluding hydrogens is 256 g/mol. The second-order valence-electron chi connectivity index (χ2n) is 5.92. The Labute approximate surface area is 118 Å². The number of carbonyl (C=O) groups is 1. The first-order valence-corrected chi connectivity index (χ1v) is 7.51. The Morgan fingerprint density at radius 2 is 2.40 bits per heavy atom. The minimum atomic E-state index is 0.182. The highest BCUT2D eigenvalue weighted by Crippen LogP contribution is 2.22. The van der Waals surface area contributed by atoms with Crippen molar-refractivity contribution in [1.82, 2.24) is 20.4 Å². The number of hydrogen-bond acceptors (Lipinski definition) is 5. The maximum atomic E-state index is 12.4. The number of aromatic nitrogens is 2. The topological polar surface area (TPSA) is 71.3 Å². The van der Waals surface area contributed by atoms with E-state index in [0.717, 1.165) is 57.7 Å². The van der Waals surface area contributed by atoms with Gasteiger partial charge in [-0.1, -0.05) is 5.16 Å². The highest BCUT2D eigenvalue weighted by Gasteiger charge is 2.30. The third kappa shape index (κ3) is 3.00. The molecule has 0 aliphatic carbocycles. The van der Waals surface area contributed by atoms with Gasteiger partial charge in [-0.3, -0.25) is 4.79 Å². The lowest BCUT2D eigenvalue weighted by molar-refractivity contribution is -0.136. The largest absolute Gasteiger partial charge is 0.342 e. The molecule has 6 heteroatoms. The molecule has 0 aromatic carbocycles. The summed E-state index contributed by atoms with van der Waals surface area (Å²) in [4.78, 5) is 18.7. The lowest BCUT2D eigenvalue weighted by Gasteiger charge is -2.33. The zero-order valence-electron chi connectivity index (χ0n) is 12.0. The van der Waals surface area contributed by atoms with Crippen molar-refractivity contribution in [3.63, 3.8) is 0 Å². The number of amides is 1. The van der Waals surface area contributed by atoms with Crippen molar-refractivity contribution in [3.8, 4) is 0 Å². The van der Waals surface area contributed by atoms with Gasteiger partial charge in [-0.15, -0.1) is 0 Å². The van der Waals surface area contributed by atoms with Crippen molar-refractivity contribution in [2.24, 2.45) is 11.8 Å². The van der Waals surface area contributed by atoms with E-state index in [1.807, 2.05) is 4.90 Å². The molecule has 2 fully saturated rings. The maximum Gasteiger partial charge on any atom is 0.227 e. The minimum absolute atomic E-state index is 0.182. The molecule has 0 spiro atoms. The van der Waals surface area contributed by atoms with Crippen LogP contribution in [0.4, 0.5) is 0 Å². The first-order chi connectivity index (χ1) is 9.72. The first-order valence-electron chi connectivity index (χ1n) is 7.51. The highest BCUT2D eigenvalue weighted by atomic mass is 16.5. The molecule has 2 aliphatic rings. The molecule has 3 rings (SSSR count). The van der Waals surface area contributed by atoms with Gasteiger partial charge in [0.05, 0.1) is 5.92 Å². The van der Waals surface area contributed by atoms with Crippen LogP contribution in [0, 0.1) is 18.8 Å². The summed E-state index contributed by atoms with van der Waals surface area (Å²) >= 11 is 0. The molecule has 2 saturated heterocycles. The fourth-order valence-electron chi connectivity index (χ4n) is 3.24. The van der Waals surface area contributed by atoms with Gasteiger partial charge in [0.2, 0.25) is 11.8 Å². The Morgan fingerprint density at radius 3 is 3.10 bits per heavy atom.